The van der Waals surface area contributed by atoms with E-state index in [0.29, 0.717) is 21.3 Å². The van der Waals surface area contributed by atoms with Crippen LogP contribution in [0.4, 0.5) is 5.82 Å². The molecule has 12 nitrogen and oxygen atoms in total. The normalized spacial score (nSPS) is 26.5. The second kappa shape index (κ2) is 9.94. The molecule has 3 heterocycles. The number of carbonyl (C=O) groups is 3. The van der Waals surface area contributed by atoms with Crippen LogP contribution in [-0.4, -0.2) is 60.0 Å². The third kappa shape index (κ3) is 5.09. The van der Waals surface area contributed by atoms with Gasteiger partial charge in [-0.1, -0.05) is 0 Å². The maximum Gasteiger partial charge on any atom is 0.303 e. The fraction of sp³-hybridized carbons (Fsp3) is 0.611. The van der Waals surface area contributed by atoms with Crippen LogP contribution in [0.1, 0.15) is 45.0 Å². The van der Waals surface area contributed by atoms with Crippen molar-refractivity contribution in [2.24, 2.45) is 10.7 Å². The topological polar surface area (TPSA) is 153 Å². The van der Waals surface area contributed by atoms with Gasteiger partial charge in [0.2, 0.25) is 0 Å². The first kappa shape index (κ1) is 24.1. The van der Waals surface area contributed by atoms with Gasteiger partial charge in [0.15, 0.2) is 40.4 Å². The number of rotatable bonds is 7. The highest BCUT2D eigenvalue weighted by atomic mass is 32.1. The van der Waals surface area contributed by atoms with Gasteiger partial charge < -0.3 is 34.7 Å². The molecule has 0 radical (unpaired) electrons. The average Bonchev–Trinajstić information content (AvgIpc) is 3.16. The number of aliphatic imine (C=N–C) groups is 1. The average molecular weight is 489 g/mol. The highest BCUT2D eigenvalue weighted by Crippen LogP contribution is 2.43. The van der Waals surface area contributed by atoms with Crippen LogP contribution in [0.3, 0.4) is 0 Å². The van der Waals surface area contributed by atoms with Gasteiger partial charge in [0, 0.05) is 27.4 Å². The molecule has 1 saturated heterocycles. The molecule has 0 saturated carbocycles. The number of carbonyl (C=O) groups excluding carboxylic acids is 3. The van der Waals surface area contributed by atoms with E-state index in [9.17, 15) is 14.4 Å². The number of nitrogens with one attached hydrogen (secondary N) is 1. The number of ether oxygens (including phenoxy) is 5. The van der Waals surface area contributed by atoms with Crippen molar-refractivity contribution in [3.05, 3.63) is 8.83 Å². The largest absolute Gasteiger partial charge is 0.463 e. The molecule has 0 aromatic carbocycles. The zero-order chi connectivity index (χ0) is 23.6. The maximum atomic E-state index is 11.9. The van der Waals surface area contributed by atoms with Gasteiger partial charge in [-0.3, -0.25) is 19.0 Å². The summed E-state index contributed by atoms with van der Waals surface area (Å²) in [4.78, 5) is 39.9. The van der Waals surface area contributed by atoms with Crippen LogP contribution in [0.2, 0.25) is 0 Å². The molecule has 2 aliphatic heterocycles. The molecule has 1 aromatic rings. The molecular formula is C18H24N4O8S2. The fourth-order valence-corrected chi connectivity index (χ4v) is 4.83. The second-order valence-corrected chi connectivity index (χ2v) is 8.59. The summed E-state index contributed by atoms with van der Waals surface area (Å²) >= 11 is 6.77. The van der Waals surface area contributed by atoms with Crippen molar-refractivity contribution in [3.63, 3.8) is 0 Å². The van der Waals surface area contributed by atoms with Crippen LogP contribution < -0.4 is 11.1 Å². The Balaban J connectivity index is 2.07. The highest BCUT2D eigenvalue weighted by molar-refractivity contribution is 7.73. The summed E-state index contributed by atoms with van der Waals surface area (Å²) in [6, 6.07) is 0. The predicted octanol–water partition coefficient (Wildman–Crippen LogP) is 1.19. The van der Waals surface area contributed by atoms with Gasteiger partial charge in [0.1, 0.15) is 12.7 Å². The van der Waals surface area contributed by atoms with Crippen molar-refractivity contribution < 1.29 is 38.1 Å². The Morgan fingerprint density at radius 1 is 1.19 bits per heavy atom. The van der Waals surface area contributed by atoms with Crippen LogP contribution in [0.15, 0.2) is 4.99 Å². The van der Waals surface area contributed by atoms with Gasteiger partial charge in [-0.15, -0.1) is 11.3 Å². The van der Waals surface area contributed by atoms with Crippen molar-refractivity contribution >= 4 is 53.2 Å². The van der Waals surface area contributed by atoms with E-state index in [1.165, 1.54) is 36.7 Å². The first-order chi connectivity index (χ1) is 15.1. The van der Waals surface area contributed by atoms with Gasteiger partial charge in [-0.05, 0) is 19.1 Å². The lowest BCUT2D eigenvalue weighted by Crippen LogP contribution is -2.41. The van der Waals surface area contributed by atoms with E-state index in [2.05, 4.69) is 10.3 Å². The Hall–Kier alpha value is -2.55. The molecule has 1 aromatic heterocycles. The lowest BCUT2D eigenvalue weighted by atomic mass is 10.1. The van der Waals surface area contributed by atoms with Crippen LogP contribution in [-0.2, 0) is 38.1 Å². The zero-order valence-corrected chi connectivity index (χ0v) is 19.5. The van der Waals surface area contributed by atoms with Gasteiger partial charge >= 0.3 is 17.9 Å². The van der Waals surface area contributed by atoms with Crippen molar-refractivity contribution in [2.45, 2.75) is 58.5 Å². The van der Waals surface area contributed by atoms with Crippen LogP contribution in [0, 0.1) is 3.95 Å². The molecular weight excluding hydrogens is 464 g/mol. The van der Waals surface area contributed by atoms with E-state index in [1.807, 2.05) is 6.92 Å². The molecule has 3 N–H and O–H groups in total. The van der Waals surface area contributed by atoms with E-state index in [0.717, 1.165) is 0 Å². The first-order valence-corrected chi connectivity index (χ1v) is 11.0. The van der Waals surface area contributed by atoms with E-state index in [-0.39, 0.29) is 12.6 Å². The Kier molecular flexibility index (Phi) is 7.48. The first-order valence-electron chi connectivity index (χ1n) is 9.73. The van der Waals surface area contributed by atoms with Crippen LogP contribution in [0.5, 0.6) is 0 Å². The van der Waals surface area contributed by atoms with E-state index >= 15 is 0 Å². The number of nitrogens with two attached hydrogens (primary N) is 1. The molecule has 5 atom stereocenters. The quantitative estimate of drug-likeness (QED) is 0.323. The maximum absolute atomic E-state index is 11.9. The summed E-state index contributed by atoms with van der Waals surface area (Å²) in [6.45, 7) is 5.68. The molecule has 176 valence electrons. The minimum absolute atomic E-state index is 0.104. The lowest BCUT2D eigenvalue weighted by molar-refractivity contribution is -0.166. The zero-order valence-electron chi connectivity index (χ0n) is 17.9. The number of esters is 3. The summed E-state index contributed by atoms with van der Waals surface area (Å²) < 4.78 is 29.6. The fourth-order valence-electron chi connectivity index (χ4n) is 3.43. The third-order valence-electron chi connectivity index (χ3n) is 4.51. The Morgan fingerprint density at radius 3 is 2.44 bits per heavy atom. The molecule has 2 aliphatic rings. The Bertz CT molecular complexity index is 990. The monoisotopic (exact) mass is 488 g/mol. The number of fused-ring (bicyclic) bond motifs is 1. The number of aromatic nitrogens is 1. The standard InChI is InChI=1S/C18H24N4O8S2/c1-5-26-15-13-14(20-17(19)21-15)22(18(31)32-13)16-12(29-9(4)25)11(28-8(3)24)10(30-16)6-27-7(2)23/h10-12,15-16H,5-6H2,1-4H3,(H3,19,20,21)/t10-,11-,12-,15?,16-/m1/s1. The Labute approximate surface area is 192 Å². The summed E-state index contributed by atoms with van der Waals surface area (Å²) in [7, 11) is 0. The smallest absolute Gasteiger partial charge is 0.303 e. The summed E-state index contributed by atoms with van der Waals surface area (Å²) in [5.74, 6) is -1.32. The van der Waals surface area contributed by atoms with E-state index in [4.69, 9.17) is 41.6 Å². The summed E-state index contributed by atoms with van der Waals surface area (Å²) in [5.41, 5.74) is 5.93. The number of hydrogen-bond donors (Lipinski definition) is 2. The summed E-state index contributed by atoms with van der Waals surface area (Å²) in [6.07, 6.45) is -4.65. The molecule has 0 bridgehead atoms. The minimum Gasteiger partial charge on any atom is -0.463 e. The van der Waals surface area contributed by atoms with Crippen LogP contribution >= 0.6 is 23.6 Å². The molecule has 1 unspecified atom stereocenters. The van der Waals surface area contributed by atoms with Gasteiger partial charge in [-0.2, -0.15) is 4.99 Å². The number of nitrogens with zero attached hydrogens (tertiary/aromatic N) is 2. The van der Waals surface area contributed by atoms with Crippen molar-refractivity contribution in [2.75, 3.05) is 13.2 Å². The third-order valence-corrected chi connectivity index (χ3v) is 5.95. The predicted molar refractivity (Wildman–Crippen MR) is 114 cm³/mol. The second-order valence-electron chi connectivity index (χ2n) is 6.92. The molecule has 1 fully saturated rings. The van der Waals surface area contributed by atoms with Crippen molar-refractivity contribution in [1.82, 2.24) is 9.88 Å². The minimum atomic E-state index is -1.08. The number of hydrogen-bond acceptors (Lipinski definition) is 13. The van der Waals surface area contributed by atoms with Crippen molar-refractivity contribution in [1.29, 1.82) is 0 Å². The summed E-state index contributed by atoms with van der Waals surface area (Å²) in [5, 5.41) is 2.93. The van der Waals surface area contributed by atoms with Gasteiger partial charge in [0.05, 0.1) is 4.88 Å². The van der Waals surface area contributed by atoms with E-state index < -0.39 is 48.7 Å². The number of thiazole rings is 1. The molecule has 3 rings (SSSR count). The Morgan fingerprint density at radius 2 is 1.84 bits per heavy atom. The van der Waals surface area contributed by atoms with Crippen molar-refractivity contribution in [3.8, 4) is 0 Å². The van der Waals surface area contributed by atoms with Crippen LogP contribution in [0.25, 0.3) is 0 Å². The molecule has 14 heteroatoms. The molecule has 32 heavy (non-hydrogen) atoms. The van der Waals surface area contributed by atoms with Gasteiger partial charge in [-0.25, -0.2) is 0 Å². The molecule has 0 amide bonds. The highest BCUT2D eigenvalue weighted by Gasteiger charge is 2.51. The molecule has 0 aliphatic carbocycles. The SMILES string of the molecule is CCOC1NC(N)=Nc2c1sc(=S)n2[C@@H]1O[C@H](COC(C)=O)[C@@H](OC(C)=O)[C@H]1OC(C)=O. The number of guanidine groups is 1. The van der Waals surface area contributed by atoms with E-state index in [1.54, 1.807) is 0 Å². The van der Waals surface area contributed by atoms with Gasteiger partial charge in [0.25, 0.3) is 0 Å². The molecule has 0 spiro atoms. The lowest BCUT2D eigenvalue weighted by Gasteiger charge is -2.26.